The molecule has 0 atom stereocenters. The van der Waals surface area contributed by atoms with E-state index in [1.54, 1.807) is 23.1 Å². The Hall–Kier alpha value is -3.46. The zero-order valence-electron chi connectivity index (χ0n) is 24.6. The summed E-state index contributed by atoms with van der Waals surface area (Å²) < 4.78 is 1.68. The van der Waals surface area contributed by atoms with Crippen LogP contribution in [0.25, 0.3) is 22.0 Å². The Kier molecular flexibility index (Phi) is 7.61. The number of benzene rings is 1. The van der Waals surface area contributed by atoms with Gasteiger partial charge in [0, 0.05) is 55.1 Å². The van der Waals surface area contributed by atoms with Gasteiger partial charge in [-0.2, -0.15) is 0 Å². The molecule has 0 aliphatic carbocycles. The highest BCUT2D eigenvalue weighted by molar-refractivity contribution is 6.63. The fourth-order valence-corrected chi connectivity index (χ4v) is 6.22. The normalized spacial score (nSPS) is 15.0. The van der Waals surface area contributed by atoms with Crippen molar-refractivity contribution in [3.05, 3.63) is 60.6 Å². The summed E-state index contributed by atoms with van der Waals surface area (Å²) in [5.41, 5.74) is 2.32. The molecule has 0 radical (unpaired) electrons. The molecule has 15 heteroatoms. The highest BCUT2D eigenvalue weighted by atomic mass is 16.1. The number of rotatable bonds is 7. The van der Waals surface area contributed by atoms with Gasteiger partial charge in [0.25, 0.3) is 5.91 Å². The third-order valence-corrected chi connectivity index (χ3v) is 7.47. The van der Waals surface area contributed by atoms with Crippen molar-refractivity contribution in [1.29, 1.82) is 0 Å². The van der Waals surface area contributed by atoms with Gasteiger partial charge in [-0.05, 0) is 42.5 Å². The van der Waals surface area contributed by atoms with E-state index in [2.05, 4.69) is 82.5 Å². The van der Waals surface area contributed by atoms with E-state index < -0.39 is 0 Å². The van der Waals surface area contributed by atoms with E-state index in [4.69, 9.17) is 0 Å². The lowest BCUT2D eigenvalue weighted by Crippen LogP contribution is -2.68. The maximum Gasteiger partial charge on any atom is 0.257 e. The van der Waals surface area contributed by atoms with E-state index in [9.17, 15) is 4.79 Å². The van der Waals surface area contributed by atoms with Crippen molar-refractivity contribution in [1.82, 2.24) is 29.9 Å². The van der Waals surface area contributed by atoms with Crippen LogP contribution < -0.4 is 10.2 Å². The van der Waals surface area contributed by atoms with Crippen LogP contribution in [0.1, 0.15) is 23.2 Å². The number of piperidine rings is 1. The molecule has 5 rings (SSSR count). The maximum absolute atomic E-state index is 13.2. The van der Waals surface area contributed by atoms with Crippen LogP contribution in [0.5, 0.6) is 0 Å². The summed E-state index contributed by atoms with van der Waals surface area (Å²) in [6.07, 6.45) is 7.48. The molecule has 4 heterocycles. The zero-order valence-corrected chi connectivity index (χ0v) is 24.6. The van der Waals surface area contributed by atoms with Crippen LogP contribution >= 0.6 is 0 Å². The smallest absolute Gasteiger partial charge is 0.257 e. The minimum absolute atomic E-state index is 0.0926. The average Bonchev–Trinajstić information content (AvgIpc) is 3.33. The third-order valence-electron chi connectivity index (χ3n) is 7.47. The van der Waals surface area contributed by atoms with Crippen molar-refractivity contribution >= 4 is 75.4 Å². The molecule has 1 fully saturated rings. The standard InChI is InChI=1S/C25H34B6N8O/c1-37-14-20(35-36-37)15-2-3-17-13-33-21(11-18(17)10-15)34-23(40)16-4-7-32-22(12-16)38-8-5-19(6-9-38)39(24(26,27)28)25(29,30)31/h2-4,7,10-14,19H,5-6,8-9,26-31H2,1H3,(H,33,34,40). The Balaban J connectivity index is 1.28. The van der Waals surface area contributed by atoms with Crippen LogP contribution in [0.3, 0.4) is 0 Å². The molecule has 40 heavy (non-hydrogen) atoms. The van der Waals surface area contributed by atoms with Gasteiger partial charge in [0.05, 0.1) is 6.20 Å². The summed E-state index contributed by atoms with van der Waals surface area (Å²) in [7, 11) is 15.6. The second-order valence-electron chi connectivity index (χ2n) is 12.7. The van der Waals surface area contributed by atoms with E-state index in [1.807, 2.05) is 43.6 Å². The number of pyridine rings is 2. The first-order valence-corrected chi connectivity index (χ1v) is 14.0. The Bertz CT molecular complexity index is 1510. The van der Waals surface area contributed by atoms with Gasteiger partial charge >= 0.3 is 0 Å². The van der Waals surface area contributed by atoms with Crippen LogP contribution in [0.2, 0.25) is 0 Å². The van der Waals surface area contributed by atoms with Crippen molar-refractivity contribution in [2.75, 3.05) is 23.3 Å². The van der Waals surface area contributed by atoms with Crippen molar-refractivity contribution < 1.29 is 4.79 Å². The third kappa shape index (κ3) is 6.14. The predicted molar refractivity (Wildman–Crippen MR) is 178 cm³/mol. The number of hydrogen-bond donors (Lipinski definition) is 1. The number of nitrogens with zero attached hydrogens (tertiary/aromatic N) is 7. The first-order valence-electron chi connectivity index (χ1n) is 14.0. The monoisotopic (exact) mass is 528 g/mol. The van der Waals surface area contributed by atoms with E-state index in [0.29, 0.717) is 17.4 Å². The second kappa shape index (κ2) is 10.8. The zero-order chi connectivity index (χ0) is 28.7. The summed E-state index contributed by atoms with van der Waals surface area (Å²) in [5.74, 6) is 1.13. The van der Waals surface area contributed by atoms with Crippen LogP contribution in [0, 0.1) is 0 Å². The average molecular weight is 527 g/mol. The van der Waals surface area contributed by atoms with E-state index in [-0.39, 0.29) is 16.4 Å². The number of aryl methyl sites for hydroxylation is 1. The van der Waals surface area contributed by atoms with E-state index in [1.165, 1.54) is 0 Å². The lowest BCUT2D eigenvalue weighted by molar-refractivity contribution is 0.102. The molecule has 1 aromatic carbocycles. The molecule has 4 aromatic rings. The largest absolute Gasteiger partial charge is 0.356 e. The Morgan fingerprint density at radius 1 is 0.975 bits per heavy atom. The second-order valence-corrected chi connectivity index (χ2v) is 12.7. The minimum Gasteiger partial charge on any atom is -0.356 e. The topological polar surface area (TPSA) is 92.1 Å². The Morgan fingerprint density at radius 3 is 2.35 bits per heavy atom. The van der Waals surface area contributed by atoms with Crippen LogP contribution in [0.15, 0.2) is 55.0 Å². The highest BCUT2D eigenvalue weighted by Gasteiger charge is 2.37. The summed E-state index contributed by atoms with van der Waals surface area (Å²) in [5, 5.41) is 13.3. The highest BCUT2D eigenvalue weighted by Crippen LogP contribution is 2.28. The van der Waals surface area contributed by atoms with Gasteiger partial charge in [0.1, 0.15) is 64.4 Å². The van der Waals surface area contributed by atoms with Gasteiger partial charge in [-0.15, -0.1) is 5.10 Å². The van der Waals surface area contributed by atoms with E-state index >= 15 is 0 Å². The molecule has 0 unspecified atom stereocenters. The number of hydrogen-bond acceptors (Lipinski definition) is 7. The van der Waals surface area contributed by atoms with Gasteiger partial charge in [0.15, 0.2) is 0 Å². The summed E-state index contributed by atoms with van der Waals surface area (Å²) in [4.78, 5) is 27.2. The van der Waals surface area contributed by atoms with E-state index in [0.717, 1.165) is 53.8 Å². The molecule has 3 aromatic heterocycles. The van der Waals surface area contributed by atoms with Gasteiger partial charge in [0.2, 0.25) is 0 Å². The van der Waals surface area contributed by atoms with Crippen LogP contribution in [-0.2, 0) is 7.05 Å². The van der Waals surface area contributed by atoms with Crippen LogP contribution in [0.4, 0.5) is 11.6 Å². The molecular formula is C25H34B6N8O. The number of anilines is 2. The molecule has 1 amide bonds. The number of nitrogens with one attached hydrogen (secondary N) is 1. The van der Waals surface area contributed by atoms with Crippen molar-refractivity contribution in [2.45, 2.75) is 29.4 Å². The summed E-state index contributed by atoms with van der Waals surface area (Å²) >= 11 is 0. The van der Waals surface area contributed by atoms with Gasteiger partial charge in [-0.25, -0.2) is 9.97 Å². The predicted octanol–water partition coefficient (Wildman–Crippen LogP) is -3.03. The number of aromatic nitrogens is 5. The molecule has 0 saturated carbocycles. The lowest BCUT2D eigenvalue weighted by atomic mass is 9.40. The lowest BCUT2D eigenvalue weighted by Gasteiger charge is -2.53. The Morgan fingerprint density at radius 2 is 1.70 bits per heavy atom. The van der Waals surface area contributed by atoms with Gasteiger partial charge in [-0.1, -0.05) is 27.8 Å². The SMILES string of the molecule is BC(B)(B)N(C1CCN(c2cc(C(=O)Nc3cc4cc(-c5cn(C)nn5)ccc4cn3)ccn2)CC1)C(B)(B)B. The summed E-state index contributed by atoms with van der Waals surface area (Å²) in [6.45, 7) is 1.82. The fourth-order valence-electron chi connectivity index (χ4n) is 6.22. The number of fused-ring (bicyclic) bond motifs is 1. The number of carbonyl (C=O) groups is 1. The molecule has 198 valence electrons. The molecule has 0 spiro atoms. The molecular weight excluding hydrogens is 493 g/mol. The van der Waals surface area contributed by atoms with Gasteiger partial charge in [-0.3, -0.25) is 9.48 Å². The number of carbonyl (C=O) groups excluding carboxylic acids is 1. The fraction of sp³-hybridized carbons (Fsp3) is 0.320. The molecule has 9 nitrogen and oxygen atoms in total. The quantitative estimate of drug-likeness (QED) is 0.256. The molecule has 1 aliphatic rings. The van der Waals surface area contributed by atoms with Crippen molar-refractivity contribution in [3.63, 3.8) is 0 Å². The van der Waals surface area contributed by atoms with Gasteiger partial charge < -0.3 is 15.1 Å². The molecule has 1 saturated heterocycles. The maximum atomic E-state index is 13.2. The first kappa shape index (κ1) is 28.1. The van der Waals surface area contributed by atoms with Crippen molar-refractivity contribution in [2.24, 2.45) is 7.05 Å². The number of amides is 1. The molecule has 0 bridgehead atoms. The molecule has 1 N–H and O–H groups in total. The van der Waals surface area contributed by atoms with Crippen LogP contribution in [-0.4, -0.2) is 112 Å². The molecule has 1 aliphatic heterocycles. The minimum atomic E-state index is -0.206. The Labute approximate surface area is 241 Å². The summed E-state index contributed by atoms with van der Waals surface area (Å²) in [6, 6.07) is 12.1. The van der Waals surface area contributed by atoms with Crippen molar-refractivity contribution in [3.8, 4) is 11.3 Å². The first-order chi connectivity index (χ1) is 18.9.